The Morgan fingerprint density at radius 2 is 2.10 bits per heavy atom. The van der Waals surface area contributed by atoms with Crippen molar-refractivity contribution in [1.82, 2.24) is 25.0 Å². The third-order valence-corrected chi connectivity index (χ3v) is 4.42. The molecule has 1 atom stereocenters. The standard InChI is InChI=1S/C14H23N5O/c1-2-12-15-13(17-16-12)14(20)19-9-6-11(10-19)18-7-4-3-5-8-18/h11H,2-10H2,1H3,(H,15,16,17). The fraction of sp³-hybridized carbons (Fsp3) is 0.786. The smallest absolute Gasteiger partial charge is 0.293 e. The summed E-state index contributed by atoms with van der Waals surface area (Å²) < 4.78 is 0. The lowest BCUT2D eigenvalue weighted by atomic mass is 10.1. The number of H-pyrrole nitrogens is 1. The molecule has 20 heavy (non-hydrogen) atoms. The molecule has 3 heterocycles. The highest BCUT2D eigenvalue weighted by Crippen LogP contribution is 2.21. The summed E-state index contributed by atoms with van der Waals surface area (Å²) in [6.07, 6.45) is 5.80. The number of nitrogens with zero attached hydrogens (tertiary/aromatic N) is 4. The van der Waals surface area contributed by atoms with E-state index in [0.29, 0.717) is 11.9 Å². The monoisotopic (exact) mass is 277 g/mol. The van der Waals surface area contributed by atoms with Crippen molar-refractivity contribution >= 4 is 5.91 Å². The Labute approximate surface area is 119 Å². The van der Waals surface area contributed by atoms with E-state index in [4.69, 9.17) is 0 Å². The van der Waals surface area contributed by atoms with Crippen molar-refractivity contribution in [3.63, 3.8) is 0 Å². The molecular formula is C14H23N5O. The average molecular weight is 277 g/mol. The number of aromatic nitrogens is 3. The van der Waals surface area contributed by atoms with Crippen LogP contribution < -0.4 is 0 Å². The molecule has 3 rings (SSSR count). The zero-order valence-corrected chi connectivity index (χ0v) is 12.1. The molecule has 1 unspecified atom stereocenters. The van der Waals surface area contributed by atoms with Crippen molar-refractivity contribution in [2.45, 2.75) is 45.1 Å². The van der Waals surface area contributed by atoms with Gasteiger partial charge >= 0.3 is 0 Å². The summed E-state index contributed by atoms with van der Waals surface area (Å²) in [6.45, 7) is 6.03. The van der Waals surface area contributed by atoms with Gasteiger partial charge in [-0.3, -0.25) is 14.8 Å². The van der Waals surface area contributed by atoms with Gasteiger partial charge in [0.05, 0.1) is 0 Å². The largest absolute Gasteiger partial charge is 0.334 e. The van der Waals surface area contributed by atoms with Gasteiger partial charge in [0.25, 0.3) is 5.91 Å². The molecule has 1 aromatic heterocycles. The van der Waals surface area contributed by atoms with E-state index in [9.17, 15) is 4.79 Å². The molecule has 1 N–H and O–H groups in total. The quantitative estimate of drug-likeness (QED) is 0.897. The second kappa shape index (κ2) is 5.91. The number of hydrogen-bond acceptors (Lipinski definition) is 4. The van der Waals surface area contributed by atoms with Crippen molar-refractivity contribution < 1.29 is 4.79 Å². The Hall–Kier alpha value is -1.43. The maximum atomic E-state index is 12.4. The van der Waals surface area contributed by atoms with Crippen LogP contribution in [-0.2, 0) is 6.42 Å². The summed E-state index contributed by atoms with van der Waals surface area (Å²) in [5.41, 5.74) is 0. The highest BCUT2D eigenvalue weighted by Gasteiger charge is 2.32. The molecule has 2 fully saturated rings. The normalized spacial score (nSPS) is 24.2. The first kappa shape index (κ1) is 13.5. The van der Waals surface area contributed by atoms with E-state index in [1.807, 2.05) is 11.8 Å². The predicted octanol–water partition coefficient (Wildman–Crippen LogP) is 1.07. The minimum atomic E-state index is -0.0274. The molecule has 110 valence electrons. The first-order valence-electron chi connectivity index (χ1n) is 7.72. The summed E-state index contributed by atoms with van der Waals surface area (Å²) in [6, 6.07) is 0.531. The number of likely N-dealkylation sites (tertiary alicyclic amines) is 2. The number of aromatic amines is 1. The van der Waals surface area contributed by atoms with E-state index in [0.717, 1.165) is 31.8 Å². The lowest BCUT2D eigenvalue weighted by Crippen LogP contribution is -2.41. The van der Waals surface area contributed by atoms with Gasteiger partial charge in [-0.15, -0.1) is 5.10 Å². The second-order valence-corrected chi connectivity index (χ2v) is 5.75. The van der Waals surface area contributed by atoms with E-state index >= 15 is 0 Å². The van der Waals surface area contributed by atoms with Crippen LogP contribution in [0.5, 0.6) is 0 Å². The molecule has 0 bridgehead atoms. The highest BCUT2D eigenvalue weighted by molar-refractivity contribution is 5.90. The predicted molar refractivity (Wildman–Crippen MR) is 75.5 cm³/mol. The van der Waals surface area contributed by atoms with Gasteiger partial charge in [0.2, 0.25) is 5.82 Å². The molecule has 1 amide bonds. The van der Waals surface area contributed by atoms with E-state index in [1.54, 1.807) is 0 Å². The first-order valence-corrected chi connectivity index (χ1v) is 7.72. The molecule has 6 nitrogen and oxygen atoms in total. The van der Waals surface area contributed by atoms with Crippen molar-refractivity contribution in [1.29, 1.82) is 0 Å². The molecule has 0 aromatic carbocycles. The molecule has 0 radical (unpaired) electrons. The number of nitrogens with one attached hydrogen (secondary N) is 1. The van der Waals surface area contributed by atoms with Crippen molar-refractivity contribution in [3.8, 4) is 0 Å². The molecule has 0 aliphatic carbocycles. The Bertz CT molecular complexity index is 466. The average Bonchev–Trinajstić information content (AvgIpc) is 3.17. The topological polar surface area (TPSA) is 65.1 Å². The Kier molecular flexibility index (Phi) is 4.00. The molecule has 2 aliphatic rings. The van der Waals surface area contributed by atoms with E-state index < -0.39 is 0 Å². The van der Waals surface area contributed by atoms with Crippen LogP contribution in [0.4, 0.5) is 0 Å². The van der Waals surface area contributed by atoms with Crippen LogP contribution in [-0.4, -0.2) is 63.1 Å². The minimum absolute atomic E-state index is 0.0274. The van der Waals surface area contributed by atoms with Gasteiger partial charge in [0, 0.05) is 25.6 Å². The summed E-state index contributed by atoms with van der Waals surface area (Å²) in [5, 5.41) is 6.84. The number of aryl methyl sites for hydroxylation is 1. The summed E-state index contributed by atoms with van der Waals surface area (Å²) in [5.74, 6) is 1.07. The van der Waals surface area contributed by atoms with Gasteiger partial charge < -0.3 is 4.90 Å². The lowest BCUT2D eigenvalue weighted by molar-refractivity contribution is 0.0760. The molecule has 2 aliphatic heterocycles. The number of carbonyl (C=O) groups excluding carboxylic acids is 1. The molecular weight excluding hydrogens is 254 g/mol. The summed E-state index contributed by atoms with van der Waals surface area (Å²) in [7, 11) is 0. The van der Waals surface area contributed by atoms with Gasteiger partial charge in [-0.1, -0.05) is 13.3 Å². The number of rotatable bonds is 3. The molecule has 2 saturated heterocycles. The highest BCUT2D eigenvalue weighted by atomic mass is 16.2. The SMILES string of the molecule is CCc1nc(C(=O)N2CCC(N3CCCCC3)C2)n[nH]1. The van der Waals surface area contributed by atoms with Gasteiger partial charge in [0.15, 0.2) is 0 Å². The number of carbonyl (C=O) groups is 1. The van der Waals surface area contributed by atoms with Crippen LogP contribution in [0.25, 0.3) is 0 Å². The van der Waals surface area contributed by atoms with Gasteiger partial charge in [-0.05, 0) is 32.4 Å². The van der Waals surface area contributed by atoms with Crippen LogP contribution in [0.1, 0.15) is 49.1 Å². The zero-order chi connectivity index (χ0) is 13.9. The number of piperidine rings is 1. The molecule has 0 saturated carbocycles. The summed E-state index contributed by atoms with van der Waals surface area (Å²) >= 11 is 0. The van der Waals surface area contributed by atoms with Gasteiger partial charge in [0.1, 0.15) is 5.82 Å². The van der Waals surface area contributed by atoms with E-state index in [-0.39, 0.29) is 5.91 Å². The fourth-order valence-electron chi connectivity index (χ4n) is 3.20. The number of amides is 1. The van der Waals surface area contributed by atoms with E-state index in [1.165, 1.54) is 32.4 Å². The van der Waals surface area contributed by atoms with Gasteiger partial charge in [-0.25, -0.2) is 4.98 Å². The number of hydrogen-bond donors (Lipinski definition) is 1. The van der Waals surface area contributed by atoms with Crippen LogP contribution in [0.15, 0.2) is 0 Å². The lowest BCUT2D eigenvalue weighted by Gasteiger charge is -2.32. The maximum Gasteiger partial charge on any atom is 0.293 e. The zero-order valence-electron chi connectivity index (χ0n) is 12.1. The fourth-order valence-corrected chi connectivity index (χ4v) is 3.20. The van der Waals surface area contributed by atoms with Gasteiger partial charge in [-0.2, -0.15) is 0 Å². The van der Waals surface area contributed by atoms with Crippen LogP contribution in [0.3, 0.4) is 0 Å². The first-order chi connectivity index (χ1) is 9.78. The van der Waals surface area contributed by atoms with Crippen molar-refractivity contribution in [2.75, 3.05) is 26.2 Å². The van der Waals surface area contributed by atoms with Crippen molar-refractivity contribution in [3.05, 3.63) is 11.6 Å². The van der Waals surface area contributed by atoms with Crippen LogP contribution in [0.2, 0.25) is 0 Å². The van der Waals surface area contributed by atoms with E-state index in [2.05, 4.69) is 20.1 Å². The minimum Gasteiger partial charge on any atom is -0.334 e. The maximum absolute atomic E-state index is 12.4. The Morgan fingerprint density at radius 1 is 1.30 bits per heavy atom. The van der Waals surface area contributed by atoms with Crippen molar-refractivity contribution in [2.24, 2.45) is 0 Å². The van der Waals surface area contributed by atoms with Crippen LogP contribution >= 0.6 is 0 Å². The Balaban J connectivity index is 1.60. The molecule has 1 aromatic rings. The third-order valence-electron chi connectivity index (χ3n) is 4.42. The summed E-state index contributed by atoms with van der Waals surface area (Å²) in [4.78, 5) is 21.1. The second-order valence-electron chi connectivity index (χ2n) is 5.75. The molecule has 6 heteroatoms. The Morgan fingerprint density at radius 3 is 2.80 bits per heavy atom. The van der Waals surface area contributed by atoms with Crippen LogP contribution in [0, 0.1) is 0 Å². The molecule has 0 spiro atoms. The third kappa shape index (κ3) is 2.70.